The number of hydrogen-bond acceptors (Lipinski definition) is 5. The number of carbonyl (C=O) groups is 2. The number of carbonyl (C=O) groups excluding carboxylic acids is 2. The van der Waals surface area contributed by atoms with Gasteiger partial charge in [-0.2, -0.15) is 5.10 Å². The maximum Gasteiger partial charge on any atom is 0.240 e. The van der Waals surface area contributed by atoms with Crippen LogP contribution in [0, 0.1) is 5.82 Å². The number of anilines is 1. The molecular weight excluding hydrogens is 555 g/mol. The molecule has 202 valence electrons. The second-order valence-corrected chi connectivity index (χ2v) is 12.8. The van der Waals surface area contributed by atoms with Gasteiger partial charge in [0.05, 0.1) is 22.4 Å². The molecule has 1 aliphatic heterocycles. The fourth-order valence-corrected chi connectivity index (χ4v) is 6.89. The monoisotopic (exact) mass is 582 g/mol. The first-order valence-corrected chi connectivity index (χ1v) is 14.8. The van der Waals surface area contributed by atoms with Crippen LogP contribution in [-0.2, 0) is 21.5 Å². The Morgan fingerprint density at radius 2 is 1.92 bits per heavy atom. The first-order chi connectivity index (χ1) is 18.6. The second-order valence-electron chi connectivity index (χ2n) is 10.3. The lowest BCUT2D eigenvalue weighted by atomic mass is 9.88. The van der Waals surface area contributed by atoms with E-state index in [9.17, 15) is 14.0 Å². The van der Waals surface area contributed by atoms with E-state index >= 15 is 0 Å². The third-order valence-electron chi connectivity index (χ3n) is 6.36. The average molecular weight is 583 g/mol. The molecule has 0 fully saturated rings. The lowest BCUT2D eigenvalue weighted by Gasteiger charge is -2.24. The Labute approximate surface area is 240 Å². The van der Waals surface area contributed by atoms with Crippen LogP contribution in [0.4, 0.5) is 10.2 Å². The molecule has 6 nitrogen and oxygen atoms in total. The molecule has 4 aromatic rings. The Morgan fingerprint density at radius 1 is 1.15 bits per heavy atom. The van der Waals surface area contributed by atoms with Crippen LogP contribution in [-0.4, -0.2) is 33.9 Å². The lowest BCUT2D eigenvalue weighted by molar-refractivity contribution is -0.123. The van der Waals surface area contributed by atoms with Crippen molar-refractivity contribution in [2.24, 2.45) is 0 Å². The molecule has 2 aromatic heterocycles. The highest BCUT2D eigenvalue weighted by molar-refractivity contribution is 8.00. The summed E-state index contributed by atoms with van der Waals surface area (Å²) in [4.78, 5) is 29.5. The third kappa shape index (κ3) is 5.90. The first kappa shape index (κ1) is 27.4. The largest absolute Gasteiger partial charge is 0.350 e. The summed E-state index contributed by atoms with van der Waals surface area (Å²) in [5.74, 6) is -0.0565. The van der Waals surface area contributed by atoms with Gasteiger partial charge >= 0.3 is 0 Å². The van der Waals surface area contributed by atoms with Crippen LogP contribution in [0.2, 0.25) is 5.02 Å². The summed E-state index contributed by atoms with van der Waals surface area (Å²) < 4.78 is 15.0. The first-order valence-electron chi connectivity index (χ1n) is 12.5. The van der Waals surface area contributed by atoms with Crippen molar-refractivity contribution in [1.82, 2.24) is 15.1 Å². The van der Waals surface area contributed by atoms with Crippen molar-refractivity contribution in [3.63, 3.8) is 0 Å². The molecule has 5 rings (SSSR count). The van der Waals surface area contributed by atoms with Crippen LogP contribution >= 0.6 is 34.7 Å². The number of amides is 2. The maximum atomic E-state index is 13.7. The number of hydrogen-bond donors (Lipinski definition) is 1. The Kier molecular flexibility index (Phi) is 7.84. The Hall–Kier alpha value is -3.14. The molecular formula is C29H28ClFN4O2S2. The normalized spacial score (nSPS) is 15.7. The van der Waals surface area contributed by atoms with E-state index in [1.807, 2.05) is 23.6 Å². The van der Waals surface area contributed by atoms with Gasteiger partial charge in [-0.3, -0.25) is 14.5 Å². The van der Waals surface area contributed by atoms with E-state index in [-0.39, 0.29) is 47.1 Å². The number of rotatable bonds is 6. The maximum absolute atomic E-state index is 13.7. The van der Waals surface area contributed by atoms with Gasteiger partial charge in [-0.1, -0.05) is 56.6 Å². The van der Waals surface area contributed by atoms with Crippen molar-refractivity contribution >= 4 is 52.3 Å². The Morgan fingerprint density at radius 3 is 2.59 bits per heavy atom. The molecule has 1 atom stereocenters. The molecule has 39 heavy (non-hydrogen) atoms. The van der Waals surface area contributed by atoms with Gasteiger partial charge in [-0.25, -0.2) is 9.07 Å². The van der Waals surface area contributed by atoms with Gasteiger partial charge in [-0.05, 0) is 47.3 Å². The standard InChI is InChI=1S/C29H28ClFN4O2S2/c1-29(2,3)27-25-26(22-8-5-13-38-22)39-17-24(37)34(16-23(36)32-15-18-9-11-20(31)12-10-18)28(25)35(33-27)21-7-4-6-19(30)14-21/h4-14,26H,15-17H2,1-3H3,(H,32,36). The predicted octanol–water partition coefficient (Wildman–Crippen LogP) is 6.51. The van der Waals surface area contributed by atoms with Gasteiger partial charge in [0.15, 0.2) is 0 Å². The summed E-state index contributed by atoms with van der Waals surface area (Å²) in [6.07, 6.45) is 0. The van der Waals surface area contributed by atoms with Gasteiger partial charge in [0.1, 0.15) is 18.2 Å². The van der Waals surface area contributed by atoms with E-state index in [0.717, 1.165) is 21.7 Å². The average Bonchev–Trinajstić information content (AvgIpc) is 3.54. The van der Waals surface area contributed by atoms with E-state index < -0.39 is 0 Å². The van der Waals surface area contributed by atoms with Crippen LogP contribution in [0.3, 0.4) is 0 Å². The molecule has 0 saturated heterocycles. The number of thiophene rings is 1. The summed E-state index contributed by atoms with van der Waals surface area (Å²) in [5, 5.41) is 10.4. The quantitative estimate of drug-likeness (QED) is 0.281. The minimum Gasteiger partial charge on any atom is -0.350 e. The smallest absolute Gasteiger partial charge is 0.240 e. The van der Waals surface area contributed by atoms with Crippen LogP contribution < -0.4 is 10.2 Å². The highest BCUT2D eigenvalue weighted by Crippen LogP contribution is 2.49. The molecule has 0 spiro atoms. The number of nitrogens with one attached hydrogen (secondary N) is 1. The lowest BCUT2D eigenvalue weighted by Crippen LogP contribution is -2.42. The van der Waals surface area contributed by atoms with Gasteiger partial charge in [0.25, 0.3) is 0 Å². The molecule has 1 aliphatic rings. The molecule has 0 aliphatic carbocycles. The van der Waals surface area contributed by atoms with Crippen molar-refractivity contribution in [3.8, 4) is 5.69 Å². The molecule has 1 unspecified atom stereocenters. The van der Waals surface area contributed by atoms with Crippen molar-refractivity contribution < 1.29 is 14.0 Å². The van der Waals surface area contributed by atoms with Crippen molar-refractivity contribution in [2.75, 3.05) is 17.2 Å². The van der Waals surface area contributed by atoms with E-state index in [1.165, 1.54) is 12.1 Å². The Bertz CT molecular complexity index is 1500. The zero-order valence-electron chi connectivity index (χ0n) is 21.8. The van der Waals surface area contributed by atoms with Crippen LogP contribution in [0.15, 0.2) is 66.0 Å². The number of nitrogens with zero attached hydrogens (tertiary/aromatic N) is 3. The van der Waals surface area contributed by atoms with Crippen LogP contribution in [0.5, 0.6) is 0 Å². The van der Waals surface area contributed by atoms with Crippen LogP contribution in [0.25, 0.3) is 5.69 Å². The zero-order chi connectivity index (χ0) is 27.7. The molecule has 10 heteroatoms. The molecule has 0 saturated carbocycles. The number of benzene rings is 2. The van der Waals surface area contributed by atoms with E-state index in [0.29, 0.717) is 16.5 Å². The van der Waals surface area contributed by atoms with Gasteiger partial charge in [0.2, 0.25) is 11.8 Å². The summed E-state index contributed by atoms with van der Waals surface area (Å²) in [6, 6.07) is 17.3. The summed E-state index contributed by atoms with van der Waals surface area (Å²) in [7, 11) is 0. The number of halogens is 2. The van der Waals surface area contributed by atoms with E-state index in [2.05, 4.69) is 32.2 Å². The minimum atomic E-state index is -0.339. The summed E-state index contributed by atoms with van der Waals surface area (Å²) in [5.41, 5.74) is 2.91. The molecule has 3 heterocycles. The molecule has 0 radical (unpaired) electrons. The summed E-state index contributed by atoms with van der Waals surface area (Å²) in [6.45, 7) is 6.34. The second kappa shape index (κ2) is 11.2. The van der Waals surface area contributed by atoms with Gasteiger partial charge < -0.3 is 5.32 Å². The van der Waals surface area contributed by atoms with E-state index in [1.54, 1.807) is 56.9 Å². The number of thioether (sulfide) groups is 1. The SMILES string of the molecule is CC(C)(C)c1nn(-c2cccc(Cl)c2)c2c1C(c1cccs1)SCC(=O)N2CC(=O)NCc1ccc(F)cc1. The molecule has 2 amide bonds. The van der Waals surface area contributed by atoms with E-state index in [4.69, 9.17) is 16.7 Å². The zero-order valence-corrected chi connectivity index (χ0v) is 24.2. The minimum absolute atomic E-state index is 0.126. The predicted molar refractivity (Wildman–Crippen MR) is 156 cm³/mol. The number of aromatic nitrogens is 2. The Balaban J connectivity index is 1.61. The highest BCUT2D eigenvalue weighted by atomic mass is 35.5. The molecule has 1 N–H and O–H groups in total. The fourth-order valence-electron chi connectivity index (χ4n) is 4.53. The van der Waals surface area contributed by atoms with Crippen molar-refractivity contribution in [1.29, 1.82) is 0 Å². The highest BCUT2D eigenvalue weighted by Gasteiger charge is 2.40. The van der Waals surface area contributed by atoms with Crippen molar-refractivity contribution in [2.45, 2.75) is 38.0 Å². The topological polar surface area (TPSA) is 67.2 Å². The number of fused-ring (bicyclic) bond motifs is 1. The van der Waals surface area contributed by atoms with Gasteiger partial charge in [-0.15, -0.1) is 23.1 Å². The van der Waals surface area contributed by atoms with Crippen molar-refractivity contribution in [3.05, 3.63) is 98.6 Å². The third-order valence-corrected chi connectivity index (χ3v) is 8.92. The molecule has 0 bridgehead atoms. The fraction of sp³-hybridized carbons (Fsp3) is 0.276. The summed E-state index contributed by atoms with van der Waals surface area (Å²) >= 11 is 9.55. The van der Waals surface area contributed by atoms with Gasteiger partial charge in [0, 0.05) is 27.4 Å². The van der Waals surface area contributed by atoms with Crippen LogP contribution in [0.1, 0.15) is 47.7 Å². The molecule has 2 aromatic carbocycles.